The summed E-state index contributed by atoms with van der Waals surface area (Å²) in [4.78, 5) is 12.0. The van der Waals surface area contributed by atoms with Crippen molar-refractivity contribution in [2.24, 2.45) is 0 Å². The molecule has 0 unspecified atom stereocenters. The predicted molar refractivity (Wildman–Crippen MR) is 81.9 cm³/mol. The lowest BCUT2D eigenvalue weighted by Gasteiger charge is -2.06. The average molecular weight is 330 g/mol. The zero-order chi connectivity index (χ0) is 14.5. The molecule has 20 heavy (non-hydrogen) atoms. The van der Waals surface area contributed by atoms with Crippen molar-refractivity contribution in [2.75, 3.05) is 6.61 Å². The molecule has 2 aromatic rings. The van der Waals surface area contributed by atoms with Crippen LogP contribution >= 0.6 is 34.8 Å². The van der Waals surface area contributed by atoms with Gasteiger partial charge in [-0.15, -0.1) is 0 Å². The van der Waals surface area contributed by atoms with Gasteiger partial charge in [0.25, 0.3) is 0 Å². The third kappa shape index (κ3) is 4.22. The van der Waals surface area contributed by atoms with Crippen LogP contribution in [0.15, 0.2) is 42.5 Å². The zero-order valence-corrected chi connectivity index (χ0v) is 12.7. The van der Waals surface area contributed by atoms with E-state index in [9.17, 15) is 4.79 Å². The van der Waals surface area contributed by atoms with Crippen molar-refractivity contribution in [1.82, 2.24) is 0 Å². The van der Waals surface area contributed by atoms with Crippen LogP contribution in [0.2, 0.25) is 15.1 Å². The van der Waals surface area contributed by atoms with Crippen molar-refractivity contribution in [1.29, 1.82) is 0 Å². The number of halogens is 3. The molecule has 0 N–H and O–H groups in total. The fourth-order valence-corrected chi connectivity index (χ4v) is 2.41. The fourth-order valence-electron chi connectivity index (χ4n) is 1.68. The molecule has 0 aliphatic heterocycles. The van der Waals surface area contributed by atoms with Gasteiger partial charge in [-0.2, -0.15) is 0 Å². The molecule has 0 radical (unpaired) electrons. The molecule has 0 amide bonds. The highest BCUT2D eigenvalue weighted by molar-refractivity contribution is 6.36. The van der Waals surface area contributed by atoms with Crippen LogP contribution in [0.5, 0.6) is 0 Å². The summed E-state index contributed by atoms with van der Waals surface area (Å²) >= 11 is 17.6. The Kier molecular flexibility index (Phi) is 5.44. The smallest absolute Gasteiger partial charge is 0.189 e. The minimum atomic E-state index is -0.186. The summed E-state index contributed by atoms with van der Waals surface area (Å²) in [5.74, 6) is -0.186. The monoisotopic (exact) mass is 328 g/mol. The van der Waals surface area contributed by atoms with Crippen LogP contribution < -0.4 is 0 Å². The minimum absolute atomic E-state index is 0.0478. The Bertz CT molecular complexity index is 626. The number of rotatable bonds is 5. The van der Waals surface area contributed by atoms with E-state index in [4.69, 9.17) is 39.5 Å². The highest BCUT2D eigenvalue weighted by Crippen LogP contribution is 2.21. The lowest BCUT2D eigenvalue weighted by molar-refractivity contribution is 0.0727. The van der Waals surface area contributed by atoms with Gasteiger partial charge in [0.15, 0.2) is 5.78 Å². The van der Waals surface area contributed by atoms with Crippen LogP contribution in [0.1, 0.15) is 15.9 Å². The molecule has 0 spiro atoms. The van der Waals surface area contributed by atoms with Crippen molar-refractivity contribution in [2.45, 2.75) is 6.61 Å². The van der Waals surface area contributed by atoms with Gasteiger partial charge in [0, 0.05) is 15.6 Å². The third-order valence-corrected chi connectivity index (χ3v) is 3.41. The van der Waals surface area contributed by atoms with Crippen LogP contribution in [0.3, 0.4) is 0 Å². The first-order valence-corrected chi connectivity index (χ1v) is 7.00. The summed E-state index contributed by atoms with van der Waals surface area (Å²) in [6, 6.07) is 12.0. The molecule has 0 aliphatic carbocycles. The third-order valence-electron chi connectivity index (χ3n) is 2.62. The first-order chi connectivity index (χ1) is 9.56. The molecule has 0 aliphatic rings. The number of hydrogen-bond donors (Lipinski definition) is 0. The van der Waals surface area contributed by atoms with Gasteiger partial charge in [-0.05, 0) is 35.9 Å². The van der Waals surface area contributed by atoms with E-state index in [0.29, 0.717) is 27.2 Å². The topological polar surface area (TPSA) is 26.3 Å². The van der Waals surface area contributed by atoms with Crippen LogP contribution in [-0.4, -0.2) is 12.4 Å². The first-order valence-electron chi connectivity index (χ1n) is 5.86. The largest absolute Gasteiger partial charge is 0.369 e. The lowest BCUT2D eigenvalue weighted by Crippen LogP contribution is -2.09. The van der Waals surface area contributed by atoms with Crippen LogP contribution in [0, 0.1) is 0 Å². The number of Topliss-reactive ketones (excluding diaryl/α,β-unsaturated/α-hetero) is 1. The van der Waals surface area contributed by atoms with Gasteiger partial charge in [0.1, 0.15) is 6.61 Å². The van der Waals surface area contributed by atoms with E-state index < -0.39 is 0 Å². The molecule has 0 bridgehead atoms. The van der Waals surface area contributed by atoms with Gasteiger partial charge in [-0.1, -0.05) is 46.9 Å². The lowest BCUT2D eigenvalue weighted by atomic mass is 10.1. The van der Waals surface area contributed by atoms with Gasteiger partial charge >= 0.3 is 0 Å². The van der Waals surface area contributed by atoms with E-state index >= 15 is 0 Å². The molecule has 0 atom stereocenters. The van der Waals surface area contributed by atoms with Gasteiger partial charge in [-0.3, -0.25) is 4.79 Å². The molecule has 0 aromatic heterocycles. The number of benzene rings is 2. The molecule has 2 rings (SSSR count). The van der Waals surface area contributed by atoms with Gasteiger partial charge in [0.05, 0.1) is 11.6 Å². The SMILES string of the molecule is O=C(COCc1cccc(Cl)c1)c1ccc(Cl)cc1Cl. The maximum atomic E-state index is 12.0. The first kappa shape index (κ1) is 15.3. The number of ketones is 1. The van der Waals surface area contributed by atoms with Crippen LogP contribution in [0.25, 0.3) is 0 Å². The Morgan fingerprint density at radius 1 is 1.00 bits per heavy atom. The van der Waals surface area contributed by atoms with Gasteiger partial charge in [-0.25, -0.2) is 0 Å². The van der Waals surface area contributed by atoms with E-state index in [-0.39, 0.29) is 12.4 Å². The second-order valence-electron chi connectivity index (χ2n) is 4.17. The van der Waals surface area contributed by atoms with E-state index in [1.807, 2.05) is 12.1 Å². The van der Waals surface area contributed by atoms with E-state index in [1.54, 1.807) is 24.3 Å². The van der Waals surface area contributed by atoms with E-state index in [0.717, 1.165) is 5.56 Å². The summed E-state index contributed by atoms with van der Waals surface area (Å²) in [7, 11) is 0. The van der Waals surface area contributed by atoms with Crippen molar-refractivity contribution >= 4 is 40.6 Å². The quantitative estimate of drug-likeness (QED) is 0.718. The molecule has 2 aromatic carbocycles. The van der Waals surface area contributed by atoms with Crippen LogP contribution in [-0.2, 0) is 11.3 Å². The molecular weight excluding hydrogens is 319 g/mol. The maximum Gasteiger partial charge on any atom is 0.189 e. The number of carbonyl (C=O) groups is 1. The van der Waals surface area contributed by atoms with Crippen molar-refractivity contribution < 1.29 is 9.53 Å². The predicted octanol–water partition coefficient (Wildman–Crippen LogP) is 5.05. The van der Waals surface area contributed by atoms with Crippen LogP contribution in [0.4, 0.5) is 0 Å². The molecule has 0 saturated carbocycles. The summed E-state index contributed by atoms with van der Waals surface area (Å²) in [5.41, 5.74) is 1.31. The zero-order valence-electron chi connectivity index (χ0n) is 10.4. The molecular formula is C15H11Cl3O2. The fraction of sp³-hybridized carbons (Fsp3) is 0.133. The maximum absolute atomic E-state index is 12.0. The molecule has 0 saturated heterocycles. The van der Waals surface area contributed by atoms with Crippen molar-refractivity contribution in [3.8, 4) is 0 Å². The summed E-state index contributed by atoms with van der Waals surface area (Å²) in [6.45, 7) is 0.269. The number of ether oxygens (including phenoxy) is 1. The van der Waals surface area contributed by atoms with Gasteiger partial charge in [0.2, 0.25) is 0 Å². The van der Waals surface area contributed by atoms with Gasteiger partial charge < -0.3 is 4.74 Å². The second-order valence-corrected chi connectivity index (χ2v) is 5.45. The molecule has 0 fully saturated rings. The molecule has 2 nitrogen and oxygen atoms in total. The van der Waals surface area contributed by atoms with E-state index in [2.05, 4.69) is 0 Å². The minimum Gasteiger partial charge on any atom is -0.369 e. The Morgan fingerprint density at radius 3 is 2.45 bits per heavy atom. The average Bonchev–Trinajstić information content (AvgIpc) is 2.38. The molecule has 104 valence electrons. The standard InChI is InChI=1S/C15H11Cl3O2/c16-11-3-1-2-10(6-11)8-20-9-15(19)13-5-4-12(17)7-14(13)18/h1-7H,8-9H2. The van der Waals surface area contributed by atoms with Crippen molar-refractivity contribution in [3.05, 3.63) is 68.7 Å². The molecule has 0 heterocycles. The van der Waals surface area contributed by atoms with E-state index in [1.165, 1.54) is 6.07 Å². The summed E-state index contributed by atoms with van der Waals surface area (Å²) in [6.07, 6.45) is 0. The Balaban J connectivity index is 1.92. The number of hydrogen-bond acceptors (Lipinski definition) is 2. The highest BCUT2D eigenvalue weighted by Gasteiger charge is 2.11. The summed E-state index contributed by atoms with van der Waals surface area (Å²) in [5, 5.41) is 1.46. The Hall–Kier alpha value is -1.06. The second kappa shape index (κ2) is 7.09. The normalized spacial score (nSPS) is 10.6. The summed E-state index contributed by atoms with van der Waals surface area (Å²) < 4.78 is 5.38. The van der Waals surface area contributed by atoms with Crippen molar-refractivity contribution in [3.63, 3.8) is 0 Å². The molecule has 5 heteroatoms. The Labute approximate surface area is 132 Å². The number of carbonyl (C=O) groups excluding carboxylic acids is 1. The highest BCUT2D eigenvalue weighted by atomic mass is 35.5. The Morgan fingerprint density at radius 2 is 1.75 bits per heavy atom.